The standard InChI is InChI=1S/C20H20Cl2N4O2/c1-9-14(10(2)24-18-17(9)20(28)25-26(18)3)8-23-19(27)13-7-12(13)11-4-5-15(21)16(22)6-11/h4-6,12-13H,7-8H2,1-3H3,(H,23,27)(H,25,28)/t12-,13+/m1/s1. The Morgan fingerprint density at radius 1 is 1.32 bits per heavy atom. The highest BCUT2D eigenvalue weighted by Gasteiger charge is 2.44. The number of hydrogen-bond acceptors (Lipinski definition) is 3. The molecule has 1 aromatic carbocycles. The fraction of sp³-hybridized carbons (Fsp3) is 0.350. The number of rotatable bonds is 4. The van der Waals surface area contributed by atoms with Crippen molar-refractivity contribution >= 4 is 40.1 Å². The van der Waals surface area contributed by atoms with Gasteiger partial charge in [-0.2, -0.15) is 0 Å². The van der Waals surface area contributed by atoms with Gasteiger partial charge in [0.15, 0.2) is 5.65 Å². The molecule has 1 saturated carbocycles. The number of nitrogens with one attached hydrogen (secondary N) is 2. The Balaban J connectivity index is 1.49. The minimum atomic E-state index is -0.169. The van der Waals surface area contributed by atoms with Gasteiger partial charge < -0.3 is 5.32 Å². The topological polar surface area (TPSA) is 79.8 Å². The molecule has 0 aliphatic heterocycles. The van der Waals surface area contributed by atoms with Gasteiger partial charge in [0.05, 0.1) is 15.4 Å². The summed E-state index contributed by atoms with van der Waals surface area (Å²) in [5.41, 5.74) is 4.01. The number of pyridine rings is 1. The molecule has 0 bridgehead atoms. The molecule has 1 aliphatic rings. The SMILES string of the molecule is Cc1nc2c(c(C)c1CNC(=O)[C@H]1C[C@@H]1c1ccc(Cl)c(Cl)c1)c(=O)[nH]n2C. The van der Waals surface area contributed by atoms with Gasteiger partial charge in [-0.15, -0.1) is 0 Å². The zero-order valence-electron chi connectivity index (χ0n) is 15.8. The molecule has 3 aromatic rings. The monoisotopic (exact) mass is 418 g/mol. The second-order valence-corrected chi connectivity index (χ2v) is 8.15. The maximum Gasteiger partial charge on any atom is 0.273 e. The van der Waals surface area contributed by atoms with Gasteiger partial charge in [-0.1, -0.05) is 29.3 Å². The molecule has 0 radical (unpaired) electrons. The lowest BCUT2D eigenvalue weighted by atomic mass is 10.0. The molecule has 2 aromatic heterocycles. The maximum absolute atomic E-state index is 12.6. The number of aryl methyl sites for hydroxylation is 3. The molecule has 1 fully saturated rings. The number of aromatic nitrogens is 3. The Bertz CT molecular complexity index is 1170. The Kier molecular flexibility index (Phi) is 4.71. The summed E-state index contributed by atoms with van der Waals surface area (Å²) in [6.07, 6.45) is 0.789. The number of fused-ring (bicyclic) bond motifs is 1. The van der Waals surface area contributed by atoms with Gasteiger partial charge in [0.2, 0.25) is 5.91 Å². The van der Waals surface area contributed by atoms with E-state index >= 15 is 0 Å². The molecule has 0 saturated heterocycles. The Morgan fingerprint density at radius 2 is 2.07 bits per heavy atom. The van der Waals surface area contributed by atoms with Crippen LogP contribution in [0.25, 0.3) is 11.0 Å². The molecule has 6 nitrogen and oxygen atoms in total. The number of aromatic amines is 1. The molecule has 0 unspecified atom stereocenters. The van der Waals surface area contributed by atoms with Crippen LogP contribution < -0.4 is 10.9 Å². The first-order chi connectivity index (χ1) is 13.3. The van der Waals surface area contributed by atoms with Crippen molar-refractivity contribution in [2.24, 2.45) is 13.0 Å². The minimum absolute atomic E-state index is 0.00283. The summed E-state index contributed by atoms with van der Waals surface area (Å²) in [7, 11) is 1.76. The van der Waals surface area contributed by atoms with Crippen molar-refractivity contribution < 1.29 is 4.79 Å². The van der Waals surface area contributed by atoms with Crippen molar-refractivity contribution in [3.63, 3.8) is 0 Å². The Morgan fingerprint density at radius 3 is 2.79 bits per heavy atom. The zero-order chi connectivity index (χ0) is 20.2. The van der Waals surface area contributed by atoms with Crippen molar-refractivity contribution in [1.29, 1.82) is 0 Å². The molecular weight excluding hydrogens is 399 g/mol. The first kappa shape index (κ1) is 19.0. The smallest absolute Gasteiger partial charge is 0.273 e. The number of halogens is 2. The fourth-order valence-electron chi connectivity index (χ4n) is 3.81. The van der Waals surface area contributed by atoms with Gasteiger partial charge in [0.1, 0.15) is 0 Å². The molecule has 2 atom stereocenters. The number of nitrogens with zero attached hydrogens (tertiary/aromatic N) is 2. The fourth-order valence-corrected chi connectivity index (χ4v) is 4.12. The van der Waals surface area contributed by atoms with E-state index < -0.39 is 0 Å². The van der Waals surface area contributed by atoms with E-state index in [-0.39, 0.29) is 23.3 Å². The van der Waals surface area contributed by atoms with Crippen LogP contribution in [-0.4, -0.2) is 20.7 Å². The second kappa shape index (κ2) is 6.94. The largest absolute Gasteiger partial charge is 0.352 e. The van der Waals surface area contributed by atoms with Gasteiger partial charge in [-0.25, -0.2) is 4.98 Å². The van der Waals surface area contributed by atoms with E-state index in [9.17, 15) is 9.59 Å². The number of hydrogen-bond donors (Lipinski definition) is 2. The molecule has 146 valence electrons. The van der Waals surface area contributed by atoms with Gasteiger partial charge in [0, 0.05) is 25.2 Å². The third-order valence-corrected chi connectivity index (χ3v) is 6.25. The number of H-pyrrole nitrogens is 1. The summed E-state index contributed by atoms with van der Waals surface area (Å²) in [5, 5.41) is 7.31. The van der Waals surface area contributed by atoms with E-state index in [4.69, 9.17) is 23.2 Å². The molecule has 4 rings (SSSR count). The van der Waals surface area contributed by atoms with E-state index in [1.165, 1.54) is 0 Å². The van der Waals surface area contributed by atoms with Gasteiger partial charge in [-0.05, 0) is 55.0 Å². The minimum Gasteiger partial charge on any atom is -0.352 e. The molecule has 8 heteroatoms. The quantitative estimate of drug-likeness (QED) is 0.678. The third-order valence-electron chi connectivity index (χ3n) is 5.51. The lowest BCUT2D eigenvalue weighted by molar-refractivity contribution is -0.122. The molecule has 1 aliphatic carbocycles. The number of benzene rings is 1. The van der Waals surface area contributed by atoms with Crippen LogP contribution in [0.3, 0.4) is 0 Å². The van der Waals surface area contributed by atoms with Crippen molar-refractivity contribution in [3.05, 3.63) is 61.0 Å². The van der Waals surface area contributed by atoms with E-state index in [0.717, 1.165) is 28.8 Å². The number of amides is 1. The van der Waals surface area contributed by atoms with Crippen LogP contribution in [0.4, 0.5) is 0 Å². The maximum atomic E-state index is 12.6. The van der Waals surface area contributed by atoms with Crippen LogP contribution in [0.5, 0.6) is 0 Å². The van der Waals surface area contributed by atoms with Crippen molar-refractivity contribution in [2.45, 2.75) is 32.7 Å². The highest BCUT2D eigenvalue weighted by molar-refractivity contribution is 6.42. The van der Waals surface area contributed by atoms with Crippen LogP contribution in [0, 0.1) is 19.8 Å². The van der Waals surface area contributed by atoms with Crippen LogP contribution in [0.1, 0.15) is 34.7 Å². The van der Waals surface area contributed by atoms with Crippen molar-refractivity contribution in [3.8, 4) is 0 Å². The first-order valence-corrected chi connectivity index (χ1v) is 9.81. The normalized spacial score (nSPS) is 18.5. The molecular formula is C20H20Cl2N4O2. The molecule has 0 spiro atoms. The van der Waals surface area contributed by atoms with E-state index in [2.05, 4.69) is 15.4 Å². The average Bonchev–Trinajstić information content (AvgIpc) is 3.38. The average molecular weight is 419 g/mol. The predicted octanol–water partition coefficient (Wildman–Crippen LogP) is 3.61. The van der Waals surface area contributed by atoms with Gasteiger partial charge in [0.25, 0.3) is 5.56 Å². The summed E-state index contributed by atoms with van der Waals surface area (Å²) in [6, 6.07) is 5.51. The molecule has 2 N–H and O–H groups in total. The van der Waals surface area contributed by atoms with Crippen molar-refractivity contribution in [1.82, 2.24) is 20.1 Å². The third kappa shape index (κ3) is 3.20. The van der Waals surface area contributed by atoms with Gasteiger partial charge in [-0.3, -0.25) is 19.4 Å². The Labute approximate surface area is 171 Å². The second-order valence-electron chi connectivity index (χ2n) is 7.34. The molecule has 28 heavy (non-hydrogen) atoms. The Hall–Kier alpha value is -2.31. The van der Waals surface area contributed by atoms with Crippen LogP contribution in [-0.2, 0) is 18.4 Å². The number of carbonyl (C=O) groups excluding carboxylic acids is 1. The highest BCUT2D eigenvalue weighted by atomic mass is 35.5. The lowest BCUT2D eigenvalue weighted by Gasteiger charge is -2.12. The predicted molar refractivity (Wildman–Crippen MR) is 110 cm³/mol. The molecule has 2 heterocycles. The van der Waals surface area contributed by atoms with Crippen molar-refractivity contribution in [2.75, 3.05) is 0 Å². The number of carbonyl (C=O) groups is 1. The first-order valence-electron chi connectivity index (χ1n) is 9.05. The van der Waals surface area contributed by atoms with Crippen LogP contribution in [0.15, 0.2) is 23.0 Å². The highest BCUT2D eigenvalue weighted by Crippen LogP contribution is 2.48. The summed E-state index contributed by atoms with van der Waals surface area (Å²) in [6.45, 7) is 4.13. The van der Waals surface area contributed by atoms with E-state index in [1.54, 1.807) is 17.8 Å². The summed E-state index contributed by atoms with van der Waals surface area (Å²) < 4.78 is 1.62. The van der Waals surface area contributed by atoms with E-state index in [0.29, 0.717) is 27.6 Å². The summed E-state index contributed by atoms with van der Waals surface area (Å²) in [5.74, 6) is 0.0844. The lowest BCUT2D eigenvalue weighted by Crippen LogP contribution is -2.26. The summed E-state index contributed by atoms with van der Waals surface area (Å²) in [4.78, 5) is 29.3. The zero-order valence-corrected chi connectivity index (χ0v) is 17.3. The molecule has 1 amide bonds. The summed E-state index contributed by atoms with van der Waals surface area (Å²) >= 11 is 12.0. The van der Waals surface area contributed by atoms with Gasteiger partial charge >= 0.3 is 0 Å². The van der Waals surface area contributed by atoms with E-state index in [1.807, 2.05) is 26.0 Å². The van der Waals surface area contributed by atoms with Crippen LogP contribution >= 0.6 is 23.2 Å². The van der Waals surface area contributed by atoms with Crippen LogP contribution in [0.2, 0.25) is 10.0 Å².